The topological polar surface area (TPSA) is 53.3 Å². The van der Waals surface area contributed by atoms with Gasteiger partial charge in [0.1, 0.15) is 0 Å². The number of nitrogens with zero attached hydrogens (tertiary/aromatic N) is 1. The fourth-order valence-electron chi connectivity index (χ4n) is 0.548. The molecule has 1 atom stereocenters. The highest BCUT2D eigenvalue weighted by molar-refractivity contribution is 7.93. The first-order chi connectivity index (χ1) is 3.71. The van der Waals surface area contributed by atoms with Gasteiger partial charge in [0, 0.05) is 6.21 Å². The summed E-state index contributed by atoms with van der Waals surface area (Å²) in [6.07, 6.45) is 1.58. The Morgan fingerprint density at radius 3 is 2.75 bits per heavy atom. The average Bonchev–Trinajstić information content (AvgIpc) is 1.65. The van der Waals surface area contributed by atoms with Gasteiger partial charge >= 0.3 is 0 Å². The fourth-order valence-corrected chi connectivity index (χ4v) is 1.46. The van der Waals surface area contributed by atoms with Gasteiger partial charge in [-0.05, 0) is 0 Å². The Kier molecular flexibility index (Phi) is 1.33. The molecule has 0 aromatic rings. The van der Waals surface area contributed by atoms with Crippen molar-refractivity contribution in [1.29, 1.82) is 4.78 Å². The van der Waals surface area contributed by atoms with Crippen LogP contribution in [0.25, 0.3) is 0 Å². The van der Waals surface area contributed by atoms with E-state index in [1.165, 1.54) is 0 Å². The Bertz CT molecular complexity index is 192. The van der Waals surface area contributed by atoms with E-state index in [0.29, 0.717) is 18.1 Å². The molecule has 1 N–H and O–H groups in total. The summed E-state index contributed by atoms with van der Waals surface area (Å²) in [7, 11) is -2.23. The third-order valence-electron chi connectivity index (χ3n) is 1.02. The number of nitrogens with one attached hydrogen (secondary N) is 1. The van der Waals surface area contributed by atoms with Crippen LogP contribution in [0.1, 0.15) is 0 Å². The lowest BCUT2D eigenvalue weighted by atomic mass is 10.7. The zero-order valence-corrected chi connectivity index (χ0v) is 5.28. The summed E-state index contributed by atoms with van der Waals surface area (Å²) < 4.78 is 17.8. The Balaban J connectivity index is 2.79. The monoisotopic (exact) mass is 132 g/mol. The van der Waals surface area contributed by atoms with E-state index in [0.717, 1.165) is 0 Å². The van der Waals surface area contributed by atoms with Gasteiger partial charge in [0.25, 0.3) is 0 Å². The summed E-state index contributed by atoms with van der Waals surface area (Å²) in [5, 5.41) is 0. The van der Waals surface area contributed by atoms with Gasteiger partial charge in [-0.15, -0.1) is 0 Å². The molecule has 0 saturated carbocycles. The third kappa shape index (κ3) is 1.30. The van der Waals surface area contributed by atoms with Crippen molar-refractivity contribution >= 4 is 15.9 Å². The molecule has 1 aliphatic rings. The van der Waals surface area contributed by atoms with Gasteiger partial charge in [-0.25, -0.2) is 4.21 Å². The molecule has 0 aliphatic carbocycles. The van der Waals surface area contributed by atoms with Crippen molar-refractivity contribution in [3.05, 3.63) is 0 Å². The highest BCUT2D eigenvalue weighted by Gasteiger charge is 2.06. The molecule has 46 valence electrons. The van der Waals surface area contributed by atoms with Crippen LogP contribution in [0.4, 0.5) is 0 Å². The summed E-state index contributed by atoms with van der Waals surface area (Å²) in [4.78, 5) is 3.85. The zero-order chi connectivity index (χ0) is 6.04. The number of rotatable bonds is 0. The molecule has 0 amide bonds. The molecule has 1 rings (SSSR count). The summed E-state index contributed by atoms with van der Waals surface area (Å²) in [6.45, 7) is 0.572. The normalized spacial score (nSPS) is 37.5. The zero-order valence-electron chi connectivity index (χ0n) is 4.46. The molecule has 0 bridgehead atoms. The minimum absolute atomic E-state index is 0.354. The molecule has 0 radical (unpaired) electrons. The van der Waals surface area contributed by atoms with Crippen LogP contribution in [-0.4, -0.2) is 28.5 Å². The highest BCUT2D eigenvalue weighted by atomic mass is 32.2. The van der Waals surface area contributed by atoms with Crippen molar-refractivity contribution in [2.75, 3.05) is 18.1 Å². The SMILES string of the molecule is N=S1(=O)CC=NCC1. The molecule has 1 aliphatic heterocycles. The van der Waals surface area contributed by atoms with Crippen molar-refractivity contribution in [3.8, 4) is 0 Å². The summed E-state index contributed by atoms with van der Waals surface area (Å²) in [6, 6.07) is 0. The van der Waals surface area contributed by atoms with Gasteiger partial charge in [0.15, 0.2) is 0 Å². The van der Waals surface area contributed by atoms with Gasteiger partial charge in [-0.2, -0.15) is 0 Å². The van der Waals surface area contributed by atoms with E-state index in [9.17, 15) is 4.21 Å². The Morgan fingerprint density at radius 1 is 1.75 bits per heavy atom. The van der Waals surface area contributed by atoms with E-state index in [1.807, 2.05) is 0 Å². The van der Waals surface area contributed by atoms with E-state index < -0.39 is 9.73 Å². The van der Waals surface area contributed by atoms with Crippen molar-refractivity contribution in [1.82, 2.24) is 0 Å². The Morgan fingerprint density at radius 2 is 2.50 bits per heavy atom. The fraction of sp³-hybridized carbons (Fsp3) is 0.750. The van der Waals surface area contributed by atoms with Gasteiger partial charge < -0.3 is 0 Å². The molecule has 0 fully saturated rings. The molecular formula is C4H8N2OS. The maximum Gasteiger partial charge on any atom is 0.0666 e. The molecule has 4 heteroatoms. The van der Waals surface area contributed by atoms with Crippen LogP contribution in [0.3, 0.4) is 0 Å². The molecule has 0 aromatic heterocycles. The van der Waals surface area contributed by atoms with E-state index in [4.69, 9.17) is 4.78 Å². The van der Waals surface area contributed by atoms with Gasteiger partial charge in [-0.1, -0.05) is 0 Å². The van der Waals surface area contributed by atoms with Crippen LogP contribution in [-0.2, 0) is 9.73 Å². The van der Waals surface area contributed by atoms with E-state index >= 15 is 0 Å². The van der Waals surface area contributed by atoms with Gasteiger partial charge in [-0.3, -0.25) is 9.77 Å². The first-order valence-electron chi connectivity index (χ1n) is 2.43. The minimum Gasteiger partial charge on any atom is -0.296 e. The smallest absolute Gasteiger partial charge is 0.0666 e. The van der Waals surface area contributed by atoms with E-state index in [-0.39, 0.29) is 0 Å². The first kappa shape index (κ1) is 5.75. The lowest BCUT2D eigenvalue weighted by Gasteiger charge is -2.05. The Hall–Kier alpha value is -0.380. The second kappa shape index (κ2) is 1.85. The summed E-state index contributed by atoms with van der Waals surface area (Å²) in [5.41, 5.74) is 0. The number of hydrogen-bond acceptors (Lipinski definition) is 3. The predicted octanol–water partition coefficient (Wildman–Crippen LogP) is 0.118. The molecule has 3 nitrogen and oxygen atoms in total. The molecule has 0 spiro atoms. The molecule has 0 aromatic carbocycles. The quantitative estimate of drug-likeness (QED) is 0.500. The second-order valence-electron chi connectivity index (χ2n) is 1.77. The minimum atomic E-state index is -2.23. The highest BCUT2D eigenvalue weighted by Crippen LogP contribution is 1.94. The standard InChI is InChI=1S/C4H8N2OS/c5-8(7)3-1-6-2-4-8/h1,5H,2-4H2. The van der Waals surface area contributed by atoms with Crippen molar-refractivity contribution in [2.45, 2.75) is 0 Å². The lowest BCUT2D eigenvalue weighted by Crippen LogP contribution is -2.17. The molecule has 1 heterocycles. The average molecular weight is 132 g/mol. The van der Waals surface area contributed by atoms with Crippen LogP contribution in [0.15, 0.2) is 4.99 Å². The van der Waals surface area contributed by atoms with Gasteiger partial charge in [0.05, 0.1) is 27.8 Å². The van der Waals surface area contributed by atoms with Crippen molar-refractivity contribution < 1.29 is 4.21 Å². The predicted molar refractivity (Wildman–Crippen MR) is 34.0 cm³/mol. The number of aliphatic imine (C=N–C) groups is 1. The Labute approximate surface area is 48.8 Å². The molecule has 8 heavy (non-hydrogen) atoms. The van der Waals surface area contributed by atoms with Crippen LogP contribution < -0.4 is 0 Å². The summed E-state index contributed by atoms with van der Waals surface area (Å²) >= 11 is 0. The third-order valence-corrected chi connectivity index (χ3v) is 2.55. The molecular weight excluding hydrogens is 124 g/mol. The second-order valence-corrected chi connectivity index (χ2v) is 4.14. The molecule has 0 saturated heterocycles. The maximum absolute atomic E-state index is 10.8. The summed E-state index contributed by atoms with van der Waals surface area (Å²) in [5.74, 6) is 0.802. The van der Waals surface area contributed by atoms with Crippen LogP contribution in [0.5, 0.6) is 0 Å². The van der Waals surface area contributed by atoms with Crippen LogP contribution >= 0.6 is 0 Å². The van der Waals surface area contributed by atoms with E-state index in [2.05, 4.69) is 4.99 Å². The number of hydrogen-bond donors (Lipinski definition) is 1. The van der Waals surface area contributed by atoms with Crippen LogP contribution in [0.2, 0.25) is 0 Å². The largest absolute Gasteiger partial charge is 0.296 e. The van der Waals surface area contributed by atoms with Gasteiger partial charge in [0.2, 0.25) is 0 Å². The van der Waals surface area contributed by atoms with Crippen molar-refractivity contribution in [2.24, 2.45) is 4.99 Å². The lowest BCUT2D eigenvalue weighted by molar-refractivity contribution is 0.676. The van der Waals surface area contributed by atoms with Crippen molar-refractivity contribution in [3.63, 3.8) is 0 Å². The van der Waals surface area contributed by atoms with Crippen LogP contribution in [0, 0.1) is 4.78 Å². The first-order valence-corrected chi connectivity index (χ1v) is 4.33. The van der Waals surface area contributed by atoms with E-state index in [1.54, 1.807) is 6.21 Å². The maximum atomic E-state index is 10.8. The molecule has 1 unspecified atom stereocenters.